The van der Waals surface area contributed by atoms with Gasteiger partial charge in [0.05, 0.1) is 17.4 Å². The van der Waals surface area contributed by atoms with Gasteiger partial charge in [-0.1, -0.05) is 49.9 Å². The van der Waals surface area contributed by atoms with Crippen molar-refractivity contribution < 1.29 is 9.13 Å². The van der Waals surface area contributed by atoms with Crippen molar-refractivity contribution in [2.45, 2.75) is 44.5 Å². The van der Waals surface area contributed by atoms with Crippen molar-refractivity contribution in [2.75, 3.05) is 6.61 Å². The fraction of sp³-hybridized carbons (Fsp3) is 0.364. The molecule has 0 bridgehead atoms. The first-order valence-electron chi connectivity index (χ1n) is 9.97. The van der Waals surface area contributed by atoms with E-state index in [1.54, 1.807) is 19.4 Å². The SMILES string of the molecule is [B]C1=C(OCC(=C)[C@H](CCCC[B]C#N)NC(=C)c2cccc(F)n2)C(P)=CCC1. The lowest BCUT2D eigenvalue weighted by Gasteiger charge is -2.25. The molecule has 0 fully saturated rings. The Bertz CT molecular complexity index is 879. The van der Waals surface area contributed by atoms with E-state index in [9.17, 15) is 4.39 Å². The van der Waals surface area contributed by atoms with E-state index in [4.69, 9.17) is 17.8 Å². The Labute approximate surface area is 183 Å². The molecule has 1 unspecified atom stereocenters. The minimum Gasteiger partial charge on any atom is -0.490 e. The van der Waals surface area contributed by atoms with Gasteiger partial charge in [0, 0.05) is 5.31 Å². The second-order valence-electron chi connectivity index (χ2n) is 7.14. The third-order valence-corrected chi connectivity index (χ3v) is 5.28. The van der Waals surface area contributed by atoms with Gasteiger partial charge in [0.15, 0.2) is 0 Å². The Kier molecular flexibility index (Phi) is 9.91. The molecule has 0 saturated carbocycles. The maximum atomic E-state index is 13.5. The van der Waals surface area contributed by atoms with Gasteiger partial charge in [0.1, 0.15) is 20.2 Å². The fourth-order valence-electron chi connectivity index (χ4n) is 3.11. The van der Waals surface area contributed by atoms with Crippen LogP contribution in [0.5, 0.6) is 0 Å². The number of nitrogens with zero attached hydrogens (tertiary/aromatic N) is 2. The number of allylic oxidation sites excluding steroid dienone is 3. The minimum atomic E-state index is -0.555. The van der Waals surface area contributed by atoms with E-state index in [1.807, 2.05) is 5.97 Å². The van der Waals surface area contributed by atoms with Gasteiger partial charge >= 0.3 is 0 Å². The molecule has 2 rings (SSSR count). The van der Waals surface area contributed by atoms with Crippen molar-refractivity contribution in [3.05, 3.63) is 71.2 Å². The highest BCUT2D eigenvalue weighted by Gasteiger charge is 2.17. The van der Waals surface area contributed by atoms with Gasteiger partial charge in [-0.05, 0) is 42.9 Å². The van der Waals surface area contributed by atoms with Crippen LogP contribution in [0, 0.1) is 17.2 Å². The fourth-order valence-corrected chi connectivity index (χ4v) is 3.55. The standard InChI is InChI=1S/C22H26B2FN3OP/c1-15(13-29-22-17(23)7-5-10-20(22)30)18(8-3-4-12-24-14-26)27-16(2)19-9-6-11-21(25)28-19/h6,9-11,18,27H,1-5,7-8,12-13,30H2/t18-/m0/s1. The van der Waals surface area contributed by atoms with Gasteiger partial charge in [-0.2, -0.15) is 4.39 Å². The highest BCUT2D eigenvalue weighted by atomic mass is 31.0. The molecule has 1 aliphatic rings. The molecule has 1 aliphatic carbocycles. The van der Waals surface area contributed by atoms with Gasteiger partial charge in [-0.15, -0.1) is 9.24 Å². The van der Waals surface area contributed by atoms with Crippen molar-refractivity contribution in [3.8, 4) is 5.97 Å². The second kappa shape index (κ2) is 12.4. The van der Waals surface area contributed by atoms with Gasteiger partial charge in [0.2, 0.25) is 5.95 Å². The summed E-state index contributed by atoms with van der Waals surface area (Å²) >= 11 is 0. The number of hydrogen-bond acceptors (Lipinski definition) is 4. The molecule has 0 aliphatic heterocycles. The van der Waals surface area contributed by atoms with Crippen LogP contribution in [0.25, 0.3) is 5.70 Å². The Morgan fingerprint density at radius 3 is 2.93 bits per heavy atom. The predicted octanol–water partition coefficient (Wildman–Crippen LogP) is 4.43. The summed E-state index contributed by atoms with van der Waals surface area (Å²) in [7, 11) is 10.4. The molecule has 0 spiro atoms. The molecule has 2 atom stereocenters. The van der Waals surface area contributed by atoms with Crippen LogP contribution in [0.4, 0.5) is 4.39 Å². The molecule has 153 valence electrons. The van der Waals surface area contributed by atoms with Gasteiger partial charge < -0.3 is 10.1 Å². The van der Waals surface area contributed by atoms with Crippen LogP contribution >= 0.6 is 9.24 Å². The molecule has 30 heavy (non-hydrogen) atoms. The zero-order valence-electron chi connectivity index (χ0n) is 17.2. The van der Waals surface area contributed by atoms with Crippen molar-refractivity contribution in [3.63, 3.8) is 0 Å². The number of pyridine rings is 1. The summed E-state index contributed by atoms with van der Waals surface area (Å²) in [6, 6.07) is 4.46. The average molecular weight is 420 g/mol. The van der Waals surface area contributed by atoms with Crippen LogP contribution in [0.1, 0.15) is 37.8 Å². The number of ether oxygens (including phenoxy) is 1. The van der Waals surface area contributed by atoms with E-state index in [0.29, 0.717) is 23.8 Å². The van der Waals surface area contributed by atoms with E-state index >= 15 is 0 Å². The smallest absolute Gasteiger partial charge is 0.254 e. The normalized spacial score (nSPS) is 14.4. The summed E-state index contributed by atoms with van der Waals surface area (Å²) in [5.74, 6) is 2.18. The first kappa shape index (κ1) is 24.0. The summed E-state index contributed by atoms with van der Waals surface area (Å²) in [5.41, 5.74) is 2.54. The van der Waals surface area contributed by atoms with E-state index in [0.717, 1.165) is 54.8 Å². The van der Waals surface area contributed by atoms with Crippen molar-refractivity contribution in [1.82, 2.24) is 10.3 Å². The van der Waals surface area contributed by atoms with Crippen LogP contribution in [0.15, 0.2) is 59.6 Å². The van der Waals surface area contributed by atoms with Crippen LogP contribution in [0.3, 0.4) is 0 Å². The molecule has 1 heterocycles. The maximum Gasteiger partial charge on any atom is 0.254 e. The number of halogens is 1. The van der Waals surface area contributed by atoms with Gasteiger partial charge in [0.25, 0.3) is 7.28 Å². The molecule has 3 radical (unpaired) electrons. The van der Waals surface area contributed by atoms with Crippen molar-refractivity contribution in [2.24, 2.45) is 0 Å². The van der Waals surface area contributed by atoms with E-state index in [2.05, 4.69) is 38.8 Å². The lowest BCUT2D eigenvalue weighted by molar-refractivity contribution is 0.240. The summed E-state index contributed by atoms with van der Waals surface area (Å²) in [6.45, 7) is 8.50. The molecule has 0 saturated heterocycles. The lowest BCUT2D eigenvalue weighted by atomic mass is 9.75. The molecular formula is C22H26B2FN3OP. The monoisotopic (exact) mass is 420 g/mol. The van der Waals surface area contributed by atoms with Crippen molar-refractivity contribution in [1.29, 1.82) is 5.26 Å². The summed E-state index contributed by atoms with van der Waals surface area (Å²) in [6.07, 6.45) is 7.05. The Hall–Kier alpha value is -2.31. The van der Waals surface area contributed by atoms with Crippen LogP contribution in [-0.4, -0.2) is 32.8 Å². The summed E-state index contributed by atoms with van der Waals surface area (Å²) in [5, 5.41) is 12.9. The lowest BCUT2D eigenvalue weighted by Crippen LogP contribution is -2.31. The van der Waals surface area contributed by atoms with E-state index in [-0.39, 0.29) is 6.04 Å². The second-order valence-corrected chi connectivity index (χ2v) is 7.76. The predicted molar refractivity (Wildman–Crippen MR) is 125 cm³/mol. The minimum absolute atomic E-state index is 0.132. The van der Waals surface area contributed by atoms with Crippen LogP contribution < -0.4 is 5.32 Å². The van der Waals surface area contributed by atoms with Crippen LogP contribution in [-0.2, 0) is 4.74 Å². The number of unbranched alkanes of at least 4 members (excludes halogenated alkanes) is 1. The topological polar surface area (TPSA) is 57.9 Å². The zero-order chi connectivity index (χ0) is 21.9. The molecule has 1 aromatic rings. The summed E-state index contributed by atoms with van der Waals surface area (Å²) < 4.78 is 19.4. The molecule has 1 N–H and O–H groups in total. The quantitative estimate of drug-likeness (QED) is 0.179. The number of rotatable bonds is 12. The number of aromatic nitrogens is 1. The van der Waals surface area contributed by atoms with Crippen molar-refractivity contribution >= 4 is 30.1 Å². The third kappa shape index (κ3) is 7.50. The molecule has 0 amide bonds. The zero-order valence-corrected chi connectivity index (χ0v) is 18.3. The first-order valence-corrected chi connectivity index (χ1v) is 10.5. The molecule has 4 nitrogen and oxygen atoms in total. The molecule has 0 aromatic carbocycles. The summed E-state index contributed by atoms with van der Waals surface area (Å²) in [4.78, 5) is 3.88. The van der Waals surface area contributed by atoms with E-state index in [1.165, 1.54) is 6.07 Å². The van der Waals surface area contributed by atoms with E-state index < -0.39 is 5.95 Å². The largest absolute Gasteiger partial charge is 0.490 e. The molecular weight excluding hydrogens is 394 g/mol. The Balaban J connectivity index is 2.02. The van der Waals surface area contributed by atoms with Gasteiger partial charge in [-0.3, -0.25) is 0 Å². The third-order valence-electron chi connectivity index (χ3n) is 4.78. The highest BCUT2D eigenvalue weighted by Crippen LogP contribution is 2.29. The Morgan fingerprint density at radius 2 is 2.23 bits per heavy atom. The Morgan fingerprint density at radius 1 is 1.43 bits per heavy atom. The molecule has 1 aromatic heterocycles. The number of nitrogens with one attached hydrogen (secondary N) is 1. The first-order chi connectivity index (χ1) is 14.4. The highest BCUT2D eigenvalue weighted by molar-refractivity contribution is 7.23. The van der Waals surface area contributed by atoms with Crippen LogP contribution in [0.2, 0.25) is 6.32 Å². The number of nitriles is 1. The molecule has 8 heteroatoms. The average Bonchev–Trinajstić information content (AvgIpc) is 2.72. The van der Waals surface area contributed by atoms with Gasteiger partial charge in [-0.25, -0.2) is 10.2 Å². The maximum absolute atomic E-state index is 13.5. The number of hydrogen-bond donors (Lipinski definition) is 1.